The molecule has 0 aromatic heterocycles. The fraction of sp³-hybridized carbons (Fsp3) is 0.125. The Morgan fingerprint density at radius 3 is 2.82 bits per heavy atom. The summed E-state index contributed by atoms with van der Waals surface area (Å²) < 4.78 is 6.80. The molecule has 0 spiro atoms. The Morgan fingerprint density at radius 2 is 2.18 bits per heavy atom. The Labute approximate surface area is 79.4 Å². The molecule has 1 rings (SSSR count). The van der Waals surface area contributed by atoms with Crippen LogP contribution in [0.25, 0.3) is 0 Å². The minimum Gasteiger partial charge on any atom is -0.494 e. The van der Waals surface area contributed by atoms with Crippen molar-refractivity contribution in [1.29, 1.82) is 0 Å². The van der Waals surface area contributed by atoms with Crippen LogP contribution in [0.5, 0.6) is 5.75 Å². The van der Waals surface area contributed by atoms with Gasteiger partial charge in [0, 0.05) is 0 Å². The van der Waals surface area contributed by atoms with Crippen molar-refractivity contribution in [1.82, 2.24) is 0 Å². The highest BCUT2D eigenvalue weighted by atomic mass is 127. The standard InChI is InChI=1S/C8H8INO/c1-11-8-5-3-2-4-7(8)10-6-9/h2-6H,1H3. The summed E-state index contributed by atoms with van der Waals surface area (Å²) >= 11 is 2.08. The first kappa shape index (κ1) is 8.52. The van der Waals surface area contributed by atoms with E-state index < -0.39 is 0 Å². The van der Waals surface area contributed by atoms with Gasteiger partial charge in [-0.05, 0) is 34.7 Å². The Hall–Kier alpha value is -0.580. The van der Waals surface area contributed by atoms with Gasteiger partial charge < -0.3 is 4.74 Å². The van der Waals surface area contributed by atoms with Crippen molar-refractivity contribution in [2.75, 3.05) is 7.11 Å². The van der Waals surface area contributed by atoms with Gasteiger partial charge in [-0.1, -0.05) is 12.1 Å². The molecule has 1 aromatic rings. The van der Waals surface area contributed by atoms with Crippen LogP contribution in [0.1, 0.15) is 0 Å². The summed E-state index contributed by atoms with van der Waals surface area (Å²) in [6.07, 6.45) is 0. The van der Waals surface area contributed by atoms with Crippen molar-refractivity contribution in [3.05, 3.63) is 24.3 Å². The monoisotopic (exact) mass is 261 g/mol. The second-order valence-corrected chi connectivity index (χ2v) is 2.46. The average Bonchev–Trinajstić information content (AvgIpc) is 2.06. The van der Waals surface area contributed by atoms with Crippen LogP contribution in [0.4, 0.5) is 5.69 Å². The maximum Gasteiger partial charge on any atom is 0.144 e. The summed E-state index contributed by atoms with van der Waals surface area (Å²) in [4.78, 5) is 4.11. The minimum absolute atomic E-state index is 0.806. The smallest absolute Gasteiger partial charge is 0.144 e. The van der Waals surface area contributed by atoms with Crippen LogP contribution in [0, 0.1) is 0 Å². The number of para-hydroxylation sites is 2. The zero-order valence-electron chi connectivity index (χ0n) is 6.12. The first-order chi connectivity index (χ1) is 5.38. The fourth-order valence-corrected chi connectivity index (χ4v) is 1.09. The van der Waals surface area contributed by atoms with Gasteiger partial charge in [0.1, 0.15) is 11.4 Å². The Balaban J connectivity index is 3.02. The second-order valence-electron chi connectivity index (χ2n) is 1.90. The summed E-state index contributed by atoms with van der Waals surface area (Å²) in [6, 6.07) is 7.65. The van der Waals surface area contributed by atoms with Crippen LogP contribution in [0.3, 0.4) is 0 Å². The van der Waals surface area contributed by atoms with E-state index in [9.17, 15) is 0 Å². The molecule has 2 nitrogen and oxygen atoms in total. The summed E-state index contributed by atoms with van der Waals surface area (Å²) in [5.41, 5.74) is 0.865. The SMILES string of the molecule is COc1ccccc1N=CI. The third-order valence-corrected chi connectivity index (χ3v) is 1.55. The van der Waals surface area contributed by atoms with Crippen molar-refractivity contribution in [3.8, 4) is 5.75 Å². The third-order valence-electron chi connectivity index (χ3n) is 1.27. The number of hydrogen-bond acceptors (Lipinski definition) is 2. The lowest BCUT2D eigenvalue weighted by Crippen LogP contribution is -1.81. The van der Waals surface area contributed by atoms with Gasteiger partial charge in [0.25, 0.3) is 0 Å². The van der Waals surface area contributed by atoms with E-state index in [0.717, 1.165) is 11.4 Å². The van der Waals surface area contributed by atoms with Crippen LogP contribution in [0.2, 0.25) is 0 Å². The van der Waals surface area contributed by atoms with E-state index in [1.165, 1.54) is 0 Å². The predicted molar refractivity (Wildman–Crippen MR) is 55.2 cm³/mol. The van der Waals surface area contributed by atoms with Crippen LogP contribution < -0.4 is 4.74 Å². The van der Waals surface area contributed by atoms with Crippen molar-refractivity contribution in [2.45, 2.75) is 0 Å². The molecular formula is C8H8INO. The molecule has 0 amide bonds. The maximum absolute atomic E-state index is 5.08. The third kappa shape index (κ3) is 2.18. The summed E-state index contributed by atoms with van der Waals surface area (Å²) in [6.45, 7) is 0. The molecule has 0 N–H and O–H groups in total. The average molecular weight is 261 g/mol. The molecule has 0 saturated carbocycles. The highest BCUT2D eigenvalue weighted by Gasteiger charge is 1.95. The van der Waals surface area contributed by atoms with Gasteiger partial charge in [-0.15, -0.1) is 0 Å². The van der Waals surface area contributed by atoms with E-state index in [4.69, 9.17) is 4.74 Å². The van der Waals surface area contributed by atoms with Crippen LogP contribution in [0.15, 0.2) is 29.3 Å². The van der Waals surface area contributed by atoms with Gasteiger partial charge in [-0.3, -0.25) is 0 Å². The molecular weight excluding hydrogens is 253 g/mol. The van der Waals surface area contributed by atoms with Gasteiger partial charge in [-0.25, -0.2) is 4.99 Å². The maximum atomic E-state index is 5.08. The van der Waals surface area contributed by atoms with Gasteiger partial charge in [-0.2, -0.15) is 0 Å². The quantitative estimate of drug-likeness (QED) is 0.592. The Bertz CT molecular complexity index is 260. The molecule has 0 atom stereocenters. The highest BCUT2D eigenvalue weighted by molar-refractivity contribution is 14.1. The van der Waals surface area contributed by atoms with E-state index in [1.807, 2.05) is 24.3 Å². The molecule has 3 heteroatoms. The molecule has 11 heavy (non-hydrogen) atoms. The molecule has 0 heterocycles. The number of nitrogens with zero attached hydrogens (tertiary/aromatic N) is 1. The van der Waals surface area contributed by atoms with Gasteiger partial charge in [0.2, 0.25) is 0 Å². The number of methoxy groups -OCH3 is 1. The highest BCUT2D eigenvalue weighted by Crippen LogP contribution is 2.25. The second kappa shape index (κ2) is 4.33. The summed E-state index contributed by atoms with van der Waals surface area (Å²) in [7, 11) is 1.64. The van der Waals surface area contributed by atoms with Crippen molar-refractivity contribution in [2.24, 2.45) is 4.99 Å². The van der Waals surface area contributed by atoms with E-state index in [1.54, 1.807) is 11.3 Å². The zero-order valence-corrected chi connectivity index (χ0v) is 8.28. The van der Waals surface area contributed by atoms with Crippen LogP contribution in [-0.2, 0) is 0 Å². The summed E-state index contributed by atoms with van der Waals surface area (Å²) in [5.74, 6) is 0.806. The van der Waals surface area contributed by atoms with Crippen molar-refractivity contribution in [3.63, 3.8) is 0 Å². The van der Waals surface area contributed by atoms with E-state index in [0.29, 0.717) is 0 Å². The first-order valence-corrected chi connectivity index (χ1v) is 4.39. The molecule has 0 aliphatic heterocycles. The van der Waals surface area contributed by atoms with Crippen molar-refractivity contribution < 1.29 is 4.74 Å². The number of halogens is 1. The number of benzene rings is 1. The van der Waals surface area contributed by atoms with Crippen LogP contribution >= 0.6 is 22.6 Å². The Morgan fingerprint density at radius 1 is 1.45 bits per heavy atom. The molecule has 0 fully saturated rings. The number of hydrogen-bond donors (Lipinski definition) is 0. The topological polar surface area (TPSA) is 21.6 Å². The molecule has 0 unspecified atom stereocenters. The molecule has 1 aromatic carbocycles. The molecule has 58 valence electrons. The zero-order chi connectivity index (χ0) is 8.10. The van der Waals surface area contributed by atoms with E-state index >= 15 is 0 Å². The Kier molecular flexibility index (Phi) is 3.35. The lowest BCUT2D eigenvalue weighted by atomic mass is 10.3. The largest absolute Gasteiger partial charge is 0.494 e. The van der Waals surface area contributed by atoms with Crippen molar-refractivity contribution >= 4 is 32.5 Å². The number of ether oxygens (including phenoxy) is 1. The van der Waals surface area contributed by atoms with E-state index in [-0.39, 0.29) is 0 Å². The van der Waals surface area contributed by atoms with Gasteiger partial charge >= 0.3 is 0 Å². The number of aliphatic imine (C=N–C) groups is 1. The fourth-order valence-electron chi connectivity index (χ4n) is 0.789. The molecule has 0 bridgehead atoms. The molecule has 0 aliphatic rings. The normalized spacial score (nSPS) is 10.4. The van der Waals surface area contributed by atoms with Gasteiger partial charge in [0.05, 0.1) is 11.3 Å². The summed E-state index contributed by atoms with van der Waals surface area (Å²) in [5, 5.41) is 0. The van der Waals surface area contributed by atoms with Crippen LogP contribution in [-0.4, -0.2) is 11.3 Å². The lowest BCUT2D eigenvalue weighted by Gasteiger charge is -2.01. The lowest BCUT2D eigenvalue weighted by molar-refractivity contribution is 0.416. The minimum atomic E-state index is 0.806. The first-order valence-electron chi connectivity index (χ1n) is 3.14. The van der Waals surface area contributed by atoms with E-state index in [2.05, 4.69) is 27.6 Å². The molecule has 0 saturated heterocycles. The molecule has 0 radical (unpaired) electrons. The predicted octanol–water partition coefficient (Wildman–Crippen LogP) is 2.79. The number of rotatable bonds is 2. The van der Waals surface area contributed by atoms with Gasteiger partial charge in [0.15, 0.2) is 0 Å². The molecule has 0 aliphatic carbocycles.